The highest BCUT2D eigenvalue weighted by molar-refractivity contribution is 5.91. The van der Waals surface area contributed by atoms with Gasteiger partial charge >= 0.3 is 0 Å². The van der Waals surface area contributed by atoms with E-state index in [1.165, 1.54) is 6.08 Å². The first kappa shape index (κ1) is 15.8. The number of nitrogens with one attached hydrogen (secondary N) is 1. The van der Waals surface area contributed by atoms with Gasteiger partial charge in [-0.05, 0) is 54.7 Å². The highest BCUT2D eigenvalue weighted by atomic mass is 16.3. The summed E-state index contributed by atoms with van der Waals surface area (Å²) < 4.78 is 0. The van der Waals surface area contributed by atoms with Crippen molar-refractivity contribution in [2.45, 2.75) is 20.3 Å². The standard InChI is InChI=1S/C18H20N2O2/c1-13-10-16(11-14(2)18(13)22)7-9-20-17(21)6-5-15-4-3-8-19-12-15/h3-6,8,10-12,22H,7,9H2,1-2H3,(H,20,21). The Morgan fingerprint density at radius 2 is 2.05 bits per heavy atom. The van der Waals surface area contributed by atoms with Crippen molar-refractivity contribution >= 4 is 12.0 Å². The Kier molecular flexibility index (Phi) is 5.31. The fraction of sp³-hybridized carbons (Fsp3) is 0.222. The van der Waals surface area contributed by atoms with Crippen LogP contribution in [0.25, 0.3) is 6.08 Å². The lowest BCUT2D eigenvalue weighted by atomic mass is 10.0. The van der Waals surface area contributed by atoms with Crippen LogP contribution in [0.5, 0.6) is 5.75 Å². The molecule has 22 heavy (non-hydrogen) atoms. The molecule has 0 saturated heterocycles. The van der Waals surface area contributed by atoms with Crippen LogP contribution in [-0.2, 0) is 11.2 Å². The number of hydrogen-bond acceptors (Lipinski definition) is 3. The molecule has 1 aromatic heterocycles. The summed E-state index contributed by atoms with van der Waals surface area (Å²) in [6.45, 7) is 4.31. The molecule has 2 N–H and O–H groups in total. The number of phenolic OH excluding ortho intramolecular Hbond substituents is 1. The largest absolute Gasteiger partial charge is 0.507 e. The number of phenols is 1. The molecule has 0 atom stereocenters. The number of nitrogens with zero attached hydrogens (tertiary/aromatic N) is 1. The summed E-state index contributed by atoms with van der Waals surface area (Å²) in [5, 5.41) is 12.6. The zero-order valence-corrected chi connectivity index (χ0v) is 12.8. The summed E-state index contributed by atoms with van der Waals surface area (Å²) in [6.07, 6.45) is 7.36. The average Bonchev–Trinajstić information content (AvgIpc) is 2.51. The first-order valence-electron chi connectivity index (χ1n) is 7.21. The molecule has 0 bridgehead atoms. The number of aromatic hydroxyl groups is 1. The number of aromatic nitrogens is 1. The maximum Gasteiger partial charge on any atom is 0.244 e. The van der Waals surface area contributed by atoms with Crippen LogP contribution in [0, 0.1) is 13.8 Å². The third-order valence-electron chi connectivity index (χ3n) is 3.38. The minimum atomic E-state index is -0.129. The third kappa shape index (κ3) is 4.45. The summed E-state index contributed by atoms with van der Waals surface area (Å²) in [5.74, 6) is 0.211. The van der Waals surface area contributed by atoms with E-state index < -0.39 is 0 Å². The van der Waals surface area contributed by atoms with E-state index in [1.807, 2.05) is 38.1 Å². The van der Waals surface area contributed by atoms with Crippen molar-refractivity contribution in [1.82, 2.24) is 10.3 Å². The molecule has 0 spiro atoms. The van der Waals surface area contributed by atoms with Gasteiger partial charge in [0.25, 0.3) is 0 Å². The summed E-state index contributed by atoms with van der Waals surface area (Å²) in [7, 11) is 0. The topological polar surface area (TPSA) is 62.2 Å². The predicted molar refractivity (Wildman–Crippen MR) is 87.6 cm³/mol. The molecule has 0 unspecified atom stereocenters. The molecule has 0 radical (unpaired) electrons. The smallest absolute Gasteiger partial charge is 0.244 e. The van der Waals surface area contributed by atoms with Gasteiger partial charge in [0.1, 0.15) is 5.75 Å². The zero-order valence-electron chi connectivity index (χ0n) is 12.8. The van der Waals surface area contributed by atoms with Gasteiger partial charge in [0.15, 0.2) is 0 Å². The normalized spacial score (nSPS) is 10.8. The Morgan fingerprint density at radius 3 is 2.68 bits per heavy atom. The lowest BCUT2D eigenvalue weighted by Crippen LogP contribution is -2.23. The molecule has 1 heterocycles. The lowest BCUT2D eigenvalue weighted by molar-refractivity contribution is -0.116. The van der Waals surface area contributed by atoms with Crippen molar-refractivity contribution < 1.29 is 9.90 Å². The van der Waals surface area contributed by atoms with Gasteiger partial charge in [-0.25, -0.2) is 0 Å². The van der Waals surface area contributed by atoms with E-state index in [2.05, 4.69) is 10.3 Å². The second-order valence-electron chi connectivity index (χ2n) is 5.24. The molecule has 0 saturated carbocycles. The minimum absolute atomic E-state index is 0.129. The number of benzene rings is 1. The lowest BCUT2D eigenvalue weighted by Gasteiger charge is -2.08. The van der Waals surface area contributed by atoms with Gasteiger partial charge in [-0.2, -0.15) is 0 Å². The Morgan fingerprint density at radius 1 is 1.32 bits per heavy atom. The van der Waals surface area contributed by atoms with Gasteiger partial charge in [-0.1, -0.05) is 18.2 Å². The Balaban J connectivity index is 1.83. The molecular formula is C18H20N2O2. The summed E-state index contributed by atoms with van der Waals surface area (Å²) in [4.78, 5) is 15.7. The zero-order chi connectivity index (χ0) is 15.9. The van der Waals surface area contributed by atoms with E-state index in [0.717, 1.165) is 28.7 Å². The van der Waals surface area contributed by atoms with Crippen molar-refractivity contribution in [2.75, 3.05) is 6.54 Å². The predicted octanol–water partition coefficient (Wildman–Crippen LogP) is 2.78. The molecular weight excluding hydrogens is 276 g/mol. The molecule has 114 valence electrons. The summed E-state index contributed by atoms with van der Waals surface area (Å²) >= 11 is 0. The number of pyridine rings is 1. The van der Waals surface area contributed by atoms with Gasteiger partial charge in [0.05, 0.1) is 0 Å². The van der Waals surface area contributed by atoms with Crippen molar-refractivity contribution in [3.63, 3.8) is 0 Å². The monoisotopic (exact) mass is 296 g/mol. The second kappa shape index (κ2) is 7.41. The van der Waals surface area contributed by atoms with E-state index in [1.54, 1.807) is 18.5 Å². The van der Waals surface area contributed by atoms with Crippen LogP contribution >= 0.6 is 0 Å². The average molecular weight is 296 g/mol. The highest BCUT2D eigenvalue weighted by Gasteiger charge is 2.03. The molecule has 1 aromatic carbocycles. The van der Waals surface area contributed by atoms with E-state index >= 15 is 0 Å². The van der Waals surface area contributed by atoms with Crippen molar-refractivity contribution in [3.8, 4) is 5.75 Å². The van der Waals surface area contributed by atoms with Crippen LogP contribution in [0.15, 0.2) is 42.7 Å². The SMILES string of the molecule is Cc1cc(CCNC(=O)C=Cc2cccnc2)cc(C)c1O. The first-order valence-corrected chi connectivity index (χ1v) is 7.21. The molecule has 2 aromatic rings. The summed E-state index contributed by atoms with van der Waals surface area (Å²) in [5.41, 5.74) is 3.71. The van der Waals surface area contributed by atoms with Crippen molar-refractivity contribution in [2.24, 2.45) is 0 Å². The number of carbonyl (C=O) groups is 1. The maximum absolute atomic E-state index is 11.7. The van der Waals surface area contributed by atoms with Gasteiger partial charge in [-0.3, -0.25) is 9.78 Å². The number of carbonyl (C=O) groups excluding carboxylic acids is 1. The van der Waals surface area contributed by atoms with Crippen LogP contribution in [0.4, 0.5) is 0 Å². The molecule has 0 aliphatic carbocycles. The molecule has 1 amide bonds. The van der Waals surface area contributed by atoms with Crippen LogP contribution in [0.3, 0.4) is 0 Å². The summed E-state index contributed by atoms with van der Waals surface area (Å²) in [6, 6.07) is 7.60. The Labute approximate surface area is 130 Å². The first-order chi connectivity index (χ1) is 10.6. The van der Waals surface area contributed by atoms with Crippen molar-refractivity contribution in [1.29, 1.82) is 0 Å². The number of amides is 1. The van der Waals surface area contributed by atoms with Crippen molar-refractivity contribution in [3.05, 3.63) is 65.0 Å². The van der Waals surface area contributed by atoms with Gasteiger partial charge < -0.3 is 10.4 Å². The maximum atomic E-state index is 11.7. The molecule has 0 fully saturated rings. The van der Waals surface area contributed by atoms with Gasteiger partial charge in [0, 0.05) is 25.0 Å². The van der Waals surface area contributed by atoms with E-state index in [-0.39, 0.29) is 5.91 Å². The number of rotatable bonds is 5. The Bertz CT molecular complexity index is 656. The molecule has 0 aliphatic heterocycles. The second-order valence-corrected chi connectivity index (χ2v) is 5.24. The third-order valence-corrected chi connectivity index (χ3v) is 3.38. The quantitative estimate of drug-likeness (QED) is 0.834. The fourth-order valence-electron chi connectivity index (χ4n) is 2.23. The van der Waals surface area contributed by atoms with Gasteiger partial charge in [0.2, 0.25) is 5.91 Å². The fourth-order valence-corrected chi connectivity index (χ4v) is 2.23. The highest BCUT2D eigenvalue weighted by Crippen LogP contribution is 2.22. The minimum Gasteiger partial charge on any atom is -0.507 e. The van der Waals surface area contributed by atoms with Crippen LogP contribution in [0.1, 0.15) is 22.3 Å². The van der Waals surface area contributed by atoms with Crippen LogP contribution < -0.4 is 5.32 Å². The molecule has 0 aliphatic rings. The van der Waals surface area contributed by atoms with Gasteiger partial charge in [-0.15, -0.1) is 0 Å². The number of aryl methyl sites for hydroxylation is 2. The van der Waals surface area contributed by atoms with Crippen LogP contribution in [0.2, 0.25) is 0 Å². The molecule has 4 heteroatoms. The molecule has 2 rings (SSSR count). The van der Waals surface area contributed by atoms with Crippen LogP contribution in [-0.4, -0.2) is 22.5 Å². The van der Waals surface area contributed by atoms with E-state index in [0.29, 0.717) is 12.3 Å². The molecule has 4 nitrogen and oxygen atoms in total. The van der Waals surface area contributed by atoms with E-state index in [9.17, 15) is 9.90 Å². The Hall–Kier alpha value is -2.62. The number of hydrogen-bond donors (Lipinski definition) is 2. The van der Waals surface area contributed by atoms with E-state index in [4.69, 9.17) is 0 Å².